The Balaban J connectivity index is 1.84. The number of anilines is 1. The zero-order valence-electron chi connectivity index (χ0n) is 33.1. The number of carbonyl (C=O) groups excluding carboxylic acids is 7. The first kappa shape index (κ1) is 48.3. The number of esters is 4. The molecular weight excluding hydrogens is 820 g/mol. The Morgan fingerprint density at radius 1 is 0.869 bits per heavy atom. The first-order valence-corrected chi connectivity index (χ1v) is 18.0. The van der Waals surface area contributed by atoms with E-state index in [1.54, 1.807) is 0 Å². The number of hydrogen-bond acceptors (Lipinski definition) is 20. The molecule has 2 aromatic carbocycles. The molecule has 1 fully saturated rings. The summed E-state index contributed by atoms with van der Waals surface area (Å²) < 4.78 is 53.3. The third kappa shape index (κ3) is 16.6. The number of hydrogen-bond donors (Lipinski definition) is 2. The molecule has 5 atom stereocenters. The number of nitro benzene ring substituents is 1. The highest BCUT2D eigenvalue weighted by Crippen LogP contribution is 2.34. The van der Waals surface area contributed by atoms with Gasteiger partial charge >= 0.3 is 30.0 Å². The Morgan fingerprint density at radius 3 is 2.16 bits per heavy atom. The lowest BCUT2D eigenvalue weighted by atomic mass is 9.97. The van der Waals surface area contributed by atoms with Gasteiger partial charge in [-0.1, -0.05) is 11.2 Å². The van der Waals surface area contributed by atoms with Gasteiger partial charge in [0.15, 0.2) is 18.3 Å². The standard InChI is InChI=1S/C36H42N6O19/c1-20(43)56-30-31(57-21(2)44)33(58-22(3)45)35(61-32(30)34(48)52-4)60-27-10-5-23(18-55-36(49)59-25-8-6-24(7-9-25)42(50)51)17-26(27)40-28(46)11-12-38-29(47)19-54-16-15-53-14-13-39-41-37/h5-10,17,30-33,35H,11-16,18-19H2,1-4H3,(H,38,47)(H,40,46)/t30-,31-,32-,33+,35+/m0/s1. The van der Waals surface area contributed by atoms with Crippen LogP contribution in [0.1, 0.15) is 32.8 Å². The van der Waals surface area contributed by atoms with E-state index in [1.165, 1.54) is 30.3 Å². The van der Waals surface area contributed by atoms with Gasteiger partial charge in [0.05, 0.1) is 37.5 Å². The molecule has 25 nitrogen and oxygen atoms in total. The van der Waals surface area contributed by atoms with Crippen LogP contribution in [-0.2, 0) is 73.3 Å². The summed E-state index contributed by atoms with van der Waals surface area (Å²) in [7, 11) is 1.00. The van der Waals surface area contributed by atoms with Gasteiger partial charge in [0.25, 0.3) is 5.69 Å². The SMILES string of the molecule is COC(=O)[C@H]1O[C@@H](Oc2ccc(COC(=O)Oc3ccc([N+](=O)[O-])cc3)cc2NC(=O)CCNC(=O)COCCOCCN=[N+]=[N-])[C@H](OC(C)=O)[C@@H](OC(C)=O)[C@@H]1OC(C)=O. The Hall–Kier alpha value is -7.08. The van der Waals surface area contributed by atoms with Crippen LogP contribution >= 0.6 is 0 Å². The van der Waals surface area contributed by atoms with Crippen LogP contribution in [0.5, 0.6) is 11.5 Å². The lowest BCUT2D eigenvalue weighted by molar-refractivity contribution is -0.384. The summed E-state index contributed by atoms with van der Waals surface area (Å²) >= 11 is 0. The number of rotatable bonds is 22. The molecular formula is C36H42N6O19. The van der Waals surface area contributed by atoms with Crippen LogP contribution in [0.3, 0.4) is 0 Å². The van der Waals surface area contributed by atoms with Crippen molar-refractivity contribution >= 4 is 53.2 Å². The first-order valence-electron chi connectivity index (χ1n) is 18.0. The summed E-state index contributed by atoms with van der Waals surface area (Å²) in [5.74, 6) is -5.37. The average Bonchev–Trinajstić information content (AvgIpc) is 3.20. The van der Waals surface area contributed by atoms with Gasteiger partial charge in [0, 0.05) is 57.3 Å². The third-order valence-electron chi connectivity index (χ3n) is 7.68. The molecule has 0 aliphatic carbocycles. The highest BCUT2D eigenvalue weighted by Gasteiger charge is 2.56. The second kappa shape index (κ2) is 24.8. The number of ether oxygens (including phenoxy) is 10. The van der Waals surface area contributed by atoms with Gasteiger partial charge in [-0.05, 0) is 35.4 Å². The molecule has 0 unspecified atom stereocenters. The van der Waals surface area contributed by atoms with E-state index in [9.17, 15) is 43.7 Å². The van der Waals surface area contributed by atoms with E-state index in [0.717, 1.165) is 40.0 Å². The minimum Gasteiger partial charge on any atom is -0.467 e. The summed E-state index contributed by atoms with van der Waals surface area (Å²) in [4.78, 5) is 100. The number of methoxy groups -OCH3 is 1. The molecule has 1 saturated heterocycles. The van der Waals surface area contributed by atoms with E-state index < -0.39 is 84.1 Å². The number of nitrogens with one attached hydrogen (secondary N) is 2. The molecule has 1 aliphatic rings. The predicted molar refractivity (Wildman–Crippen MR) is 200 cm³/mol. The molecule has 0 saturated carbocycles. The zero-order chi connectivity index (χ0) is 44.9. The fourth-order valence-electron chi connectivity index (χ4n) is 5.19. The first-order chi connectivity index (χ1) is 29.1. The molecule has 0 radical (unpaired) electrons. The van der Waals surface area contributed by atoms with E-state index in [-0.39, 0.29) is 74.4 Å². The van der Waals surface area contributed by atoms with E-state index >= 15 is 0 Å². The molecule has 330 valence electrons. The van der Waals surface area contributed by atoms with Crippen LogP contribution in [0.2, 0.25) is 0 Å². The van der Waals surface area contributed by atoms with Gasteiger partial charge < -0.3 is 58.0 Å². The largest absolute Gasteiger partial charge is 0.514 e. The summed E-state index contributed by atoms with van der Waals surface area (Å²) in [6.07, 6.45) is -10.2. The molecule has 25 heteroatoms. The van der Waals surface area contributed by atoms with E-state index in [0.29, 0.717) is 0 Å². The maximum atomic E-state index is 13.2. The topological polar surface area (TPSA) is 328 Å². The van der Waals surface area contributed by atoms with E-state index in [2.05, 4.69) is 20.7 Å². The maximum absolute atomic E-state index is 13.2. The number of non-ortho nitro benzene ring substituents is 1. The minimum atomic E-state index is -1.81. The maximum Gasteiger partial charge on any atom is 0.514 e. The normalized spacial score (nSPS) is 17.9. The van der Waals surface area contributed by atoms with Gasteiger partial charge in [-0.2, -0.15) is 0 Å². The Labute approximate surface area is 345 Å². The summed E-state index contributed by atoms with van der Waals surface area (Å²) in [6, 6.07) is 8.56. The van der Waals surface area contributed by atoms with Crippen molar-refractivity contribution in [3.63, 3.8) is 0 Å². The number of nitrogens with zero attached hydrogens (tertiary/aromatic N) is 4. The van der Waals surface area contributed by atoms with Crippen molar-refractivity contribution in [1.29, 1.82) is 0 Å². The lowest BCUT2D eigenvalue weighted by Gasteiger charge is -2.43. The molecule has 61 heavy (non-hydrogen) atoms. The predicted octanol–water partition coefficient (Wildman–Crippen LogP) is 2.17. The highest BCUT2D eigenvalue weighted by atomic mass is 16.7. The number of carbonyl (C=O) groups is 7. The van der Waals surface area contributed by atoms with Crippen molar-refractivity contribution in [3.05, 3.63) is 68.6 Å². The van der Waals surface area contributed by atoms with Crippen LogP contribution in [-0.4, -0.2) is 124 Å². The molecule has 1 heterocycles. The van der Waals surface area contributed by atoms with E-state index in [4.69, 9.17) is 52.9 Å². The second-order valence-corrected chi connectivity index (χ2v) is 12.3. The molecule has 2 amide bonds. The monoisotopic (exact) mass is 862 g/mol. The Bertz CT molecular complexity index is 1940. The van der Waals surface area contributed by atoms with Crippen molar-refractivity contribution < 1.29 is 85.9 Å². The van der Waals surface area contributed by atoms with Crippen molar-refractivity contribution in [1.82, 2.24) is 5.32 Å². The highest BCUT2D eigenvalue weighted by molar-refractivity contribution is 5.93. The summed E-state index contributed by atoms with van der Waals surface area (Å²) in [5.41, 5.74) is 8.14. The zero-order valence-corrected chi connectivity index (χ0v) is 33.1. The van der Waals surface area contributed by atoms with Gasteiger partial charge in [0.2, 0.25) is 24.2 Å². The Kier molecular flexibility index (Phi) is 19.6. The fourth-order valence-corrected chi connectivity index (χ4v) is 5.19. The Morgan fingerprint density at radius 2 is 1.52 bits per heavy atom. The third-order valence-corrected chi connectivity index (χ3v) is 7.68. The summed E-state index contributed by atoms with van der Waals surface area (Å²) in [6.45, 7) is 2.58. The molecule has 1 aliphatic heterocycles. The second-order valence-electron chi connectivity index (χ2n) is 12.3. The van der Waals surface area contributed by atoms with Crippen LogP contribution in [0.4, 0.5) is 16.2 Å². The molecule has 0 spiro atoms. The summed E-state index contributed by atoms with van der Waals surface area (Å²) in [5, 5.41) is 19.3. The van der Waals surface area contributed by atoms with Crippen LogP contribution in [0.25, 0.3) is 10.4 Å². The van der Waals surface area contributed by atoms with Crippen LogP contribution in [0, 0.1) is 10.1 Å². The van der Waals surface area contributed by atoms with Crippen molar-refractivity contribution in [3.8, 4) is 11.5 Å². The van der Waals surface area contributed by atoms with Gasteiger partial charge in [-0.15, -0.1) is 0 Å². The van der Waals surface area contributed by atoms with Crippen LogP contribution in [0.15, 0.2) is 47.6 Å². The molecule has 0 bridgehead atoms. The fraction of sp³-hybridized carbons (Fsp3) is 0.472. The van der Waals surface area contributed by atoms with Crippen molar-refractivity contribution in [2.75, 3.05) is 51.9 Å². The number of nitro groups is 1. The average molecular weight is 863 g/mol. The molecule has 0 aromatic heterocycles. The number of benzene rings is 2. The quantitative estimate of drug-likeness (QED) is 0.0197. The van der Waals surface area contributed by atoms with Gasteiger partial charge in [-0.25, -0.2) is 9.59 Å². The van der Waals surface area contributed by atoms with Crippen molar-refractivity contribution in [2.24, 2.45) is 5.11 Å². The molecule has 2 N–H and O–H groups in total. The number of amides is 2. The smallest absolute Gasteiger partial charge is 0.467 e. The van der Waals surface area contributed by atoms with E-state index in [1.807, 2.05) is 0 Å². The number of azide groups is 1. The lowest BCUT2D eigenvalue weighted by Crippen LogP contribution is -2.64. The van der Waals surface area contributed by atoms with Crippen molar-refractivity contribution in [2.45, 2.75) is 64.5 Å². The minimum absolute atomic E-state index is 0.0538. The van der Waals surface area contributed by atoms with Gasteiger partial charge in [0.1, 0.15) is 24.7 Å². The molecule has 3 rings (SSSR count). The molecule has 2 aromatic rings. The van der Waals surface area contributed by atoms with Crippen LogP contribution < -0.4 is 20.1 Å². The van der Waals surface area contributed by atoms with Gasteiger partial charge in [-0.3, -0.25) is 34.1 Å².